The molecule has 0 spiro atoms. The van der Waals surface area contributed by atoms with Gasteiger partial charge in [0.15, 0.2) is 0 Å². The van der Waals surface area contributed by atoms with Crippen molar-refractivity contribution in [2.24, 2.45) is 5.73 Å². The molecule has 2 aromatic carbocycles. The van der Waals surface area contributed by atoms with Crippen molar-refractivity contribution in [1.29, 1.82) is 0 Å². The maximum absolute atomic E-state index is 12.5. The Hall–Kier alpha value is -1.60. The summed E-state index contributed by atoms with van der Waals surface area (Å²) in [6.45, 7) is 0. The summed E-state index contributed by atoms with van der Waals surface area (Å²) in [5.41, 5.74) is 5.86. The van der Waals surface area contributed by atoms with E-state index in [2.05, 4.69) is 4.72 Å². The number of hydrogen-bond acceptors (Lipinski definition) is 4. The summed E-state index contributed by atoms with van der Waals surface area (Å²) < 4.78 is 33.4. The maximum atomic E-state index is 12.5. The van der Waals surface area contributed by atoms with Crippen molar-refractivity contribution in [3.8, 4) is 11.5 Å². The quantitative estimate of drug-likeness (QED) is 0.828. The Morgan fingerprint density at radius 2 is 1.64 bits per heavy atom. The molecule has 0 aliphatic heterocycles. The summed E-state index contributed by atoms with van der Waals surface area (Å²) in [5.74, 6) is 1.05. The predicted molar refractivity (Wildman–Crippen MR) is 98.5 cm³/mol. The zero-order chi connectivity index (χ0) is 17.9. The molecule has 134 valence electrons. The minimum absolute atomic E-state index is 0.0520. The lowest BCUT2D eigenvalue weighted by Gasteiger charge is -2.26. The summed E-state index contributed by atoms with van der Waals surface area (Å²) in [6, 6.07) is 13.5. The van der Waals surface area contributed by atoms with Crippen LogP contribution in [0.4, 0.5) is 0 Å². The van der Waals surface area contributed by atoms with Gasteiger partial charge in [0.05, 0.1) is 9.92 Å². The fraction of sp³-hybridized carbons (Fsp3) is 0.333. The van der Waals surface area contributed by atoms with Crippen molar-refractivity contribution in [3.05, 3.63) is 53.6 Å². The molecule has 0 radical (unpaired) electrons. The van der Waals surface area contributed by atoms with Crippen LogP contribution in [0.2, 0.25) is 5.02 Å². The molecule has 1 fully saturated rings. The molecule has 0 heterocycles. The van der Waals surface area contributed by atoms with Crippen LogP contribution in [-0.4, -0.2) is 20.5 Å². The van der Waals surface area contributed by atoms with Crippen LogP contribution in [-0.2, 0) is 10.0 Å². The highest BCUT2D eigenvalue weighted by Crippen LogP contribution is 2.29. The van der Waals surface area contributed by atoms with E-state index in [4.69, 9.17) is 22.1 Å². The molecule has 25 heavy (non-hydrogen) atoms. The molecule has 3 rings (SSSR count). The first kappa shape index (κ1) is 18.2. The second-order valence-corrected chi connectivity index (χ2v) is 8.36. The van der Waals surface area contributed by atoms with Crippen molar-refractivity contribution >= 4 is 21.6 Å². The molecule has 0 amide bonds. The molecule has 5 nitrogen and oxygen atoms in total. The van der Waals surface area contributed by atoms with Gasteiger partial charge < -0.3 is 10.5 Å². The fourth-order valence-corrected chi connectivity index (χ4v) is 4.35. The second-order valence-electron chi connectivity index (χ2n) is 6.24. The Morgan fingerprint density at radius 1 is 1.00 bits per heavy atom. The average Bonchev–Trinajstić information content (AvgIpc) is 2.59. The van der Waals surface area contributed by atoms with Crippen LogP contribution in [0, 0.1) is 0 Å². The third-order valence-electron chi connectivity index (χ3n) is 4.29. The van der Waals surface area contributed by atoms with Gasteiger partial charge in [-0.25, -0.2) is 13.1 Å². The first-order valence-electron chi connectivity index (χ1n) is 8.24. The molecule has 0 atom stereocenters. The monoisotopic (exact) mass is 380 g/mol. The minimum Gasteiger partial charge on any atom is -0.456 e. The fourth-order valence-electron chi connectivity index (χ4n) is 2.87. The molecule has 0 unspecified atom stereocenters. The molecule has 0 saturated heterocycles. The standard InChI is InChI=1S/C18H21ClN2O3S/c19-17-3-1-2-4-18(17)24-15-9-11-16(12-10-15)25(22,23)21-14-7-5-13(20)6-8-14/h1-4,9-14,21H,5-8,20H2. The number of halogens is 1. The molecule has 2 aromatic rings. The number of rotatable bonds is 5. The van der Waals surface area contributed by atoms with Gasteiger partial charge in [0.25, 0.3) is 0 Å². The smallest absolute Gasteiger partial charge is 0.240 e. The highest BCUT2D eigenvalue weighted by atomic mass is 35.5. The minimum atomic E-state index is -3.55. The highest BCUT2D eigenvalue weighted by molar-refractivity contribution is 7.89. The van der Waals surface area contributed by atoms with Gasteiger partial charge in [0.2, 0.25) is 10.0 Å². The highest BCUT2D eigenvalue weighted by Gasteiger charge is 2.24. The third kappa shape index (κ3) is 4.73. The van der Waals surface area contributed by atoms with Gasteiger partial charge >= 0.3 is 0 Å². The van der Waals surface area contributed by atoms with E-state index >= 15 is 0 Å². The third-order valence-corrected chi connectivity index (χ3v) is 6.14. The molecule has 7 heteroatoms. The Balaban J connectivity index is 1.67. The number of nitrogens with two attached hydrogens (primary N) is 1. The zero-order valence-corrected chi connectivity index (χ0v) is 15.3. The van der Waals surface area contributed by atoms with Crippen LogP contribution >= 0.6 is 11.6 Å². The van der Waals surface area contributed by atoms with E-state index in [1.54, 1.807) is 24.3 Å². The van der Waals surface area contributed by atoms with Crippen LogP contribution in [0.3, 0.4) is 0 Å². The number of nitrogens with one attached hydrogen (secondary N) is 1. The van der Waals surface area contributed by atoms with Gasteiger partial charge in [-0.15, -0.1) is 0 Å². The molecule has 1 aliphatic carbocycles. The lowest BCUT2D eigenvalue weighted by Crippen LogP contribution is -2.40. The average molecular weight is 381 g/mol. The van der Waals surface area contributed by atoms with E-state index in [-0.39, 0.29) is 17.0 Å². The van der Waals surface area contributed by atoms with Crippen LogP contribution in [0.5, 0.6) is 11.5 Å². The van der Waals surface area contributed by atoms with Crippen LogP contribution in [0.1, 0.15) is 25.7 Å². The first-order valence-corrected chi connectivity index (χ1v) is 10.1. The van der Waals surface area contributed by atoms with E-state index < -0.39 is 10.0 Å². The summed E-state index contributed by atoms with van der Waals surface area (Å²) in [5, 5.41) is 0.497. The Labute approximate surface area is 153 Å². The van der Waals surface area contributed by atoms with Crippen molar-refractivity contribution in [3.63, 3.8) is 0 Å². The number of benzene rings is 2. The summed E-state index contributed by atoms with van der Waals surface area (Å²) in [4.78, 5) is 0.217. The molecule has 3 N–H and O–H groups in total. The number of para-hydroxylation sites is 1. The van der Waals surface area contributed by atoms with E-state index in [1.807, 2.05) is 12.1 Å². The number of hydrogen-bond donors (Lipinski definition) is 2. The Kier molecular flexibility index (Phi) is 5.64. The van der Waals surface area contributed by atoms with E-state index in [1.165, 1.54) is 12.1 Å². The van der Waals surface area contributed by atoms with Gasteiger partial charge in [0.1, 0.15) is 11.5 Å². The molecule has 1 aliphatic rings. The van der Waals surface area contributed by atoms with Crippen molar-refractivity contribution in [2.75, 3.05) is 0 Å². The van der Waals surface area contributed by atoms with Crippen LogP contribution < -0.4 is 15.2 Å². The van der Waals surface area contributed by atoms with Gasteiger partial charge in [0, 0.05) is 12.1 Å². The lowest BCUT2D eigenvalue weighted by atomic mass is 9.93. The first-order chi connectivity index (χ1) is 11.9. The number of sulfonamides is 1. The second kappa shape index (κ2) is 7.74. The molecule has 1 saturated carbocycles. The number of ether oxygens (including phenoxy) is 1. The van der Waals surface area contributed by atoms with Gasteiger partial charge in [-0.2, -0.15) is 0 Å². The van der Waals surface area contributed by atoms with Crippen LogP contribution in [0.25, 0.3) is 0 Å². The summed E-state index contributed by atoms with van der Waals surface area (Å²) in [6.07, 6.45) is 3.23. The predicted octanol–water partition coefficient (Wildman–Crippen LogP) is 3.68. The lowest BCUT2D eigenvalue weighted by molar-refractivity contribution is 0.373. The van der Waals surface area contributed by atoms with Gasteiger partial charge in [-0.1, -0.05) is 23.7 Å². The maximum Gasteiger partial charge on any atom is 0.240 e. The van der Waals surface area contributed by atoms with Crippen molar-refractivity contribution in [2.45, 2.75) is 42.7 Å². The van der Waals surface area contributed by atoms with Crippen LogP contribution in [0.15, 0.2) is 53.4 Å². The van der Waals surface area contributed by atoms with E-state index in [9.17, 15) is 8.42 Å². The summed E-state index contributed by atoms with van der Waals surface area (Å²) >= 11 is 6.06. The molecule has 0 aromatic heterocycles. The van der Waals surface area contributed by atoms with Gasteiger partial charge in [-0.3, -0.25) is 0 Å². The zero-order valence-electron chi connectivity index (χ0n) is 13.7. The Bertz CT molecular complexity index is 816. The van der Waals surface area contributed by atoms with Gasteiger partial charge in [-0.05, 0) is 62.1 Å². The molecular weight excluding hydrogens is 360 g/mol. The largest absolute Gasteiger partial charge is 0.456 e. The summed E-state index contributed by atoms with van der Waals surface area (Å²) in [7, 11) is -3.55. The topological polar surface area (TPSA) is 81.4 Å². The SMILES string of the molecule is NC1CCC(NS(=O)(=O)c2ccc(Oc3ccccc3Cl)cc2)CC1. The molecule has 0 bridgehead atoms. The normalized spacial score (nSPS) is 21.0. The molecular formula is C18H21ClN2O3S. The van der Waals surface area contributed by atoms with E-state index in [0.29, 0.717) is 16.5 Å². The Morgan fingerprint density at radius 3 is 2.28 bits per heavy atom. The van der Waals surface area contributed by atoms with E-state index in [0.717, 1.165) is 25.7 Å². The van der Waals surface area contributed by atoms with Crippen molar-refractivity contribution < 1.29 is 13.2 Å². The van der Waals surface area contributed by atoms with Crippen molar-refractivity contribution in [1.82, 2.24) is 4.72 Å².